The number of fused-ring (bicyclic) bond motifs is 1. The van der Waals surface area contributed by atoms with E-state index in [0.717, 1.165) is 36.8 Å². The van der Waals surface area contributed by atoms with Crippen molar-refractivity contribution in [2.24, 2.45) is 0 Å². The highest BCUT2D eigenvalue weighted by molar-refractivity contribution is 6.30. The van der Waals surface area contributed by atoms with E-state index in [-0.39, 0.29) is 29.9 Å². The molecule has 3 N–H and O–H groups in total. The van der Waals surface area contributed by atoms with E-state index in [1.807, 2.05) is 30.3 Å². The molecule has 1 saturated heterocycles. The van der Waals surface area contributed by atoms with Crippen molar-refractivity contribution < 1.29 is 19.1 Å². The van der Waals surface area contributed by atoms with Crippen molar-refractivity contribution in [2.45, 2.75) is 88.1 Å². The van der Waals surface area contributed by atoms with E-state index >= 15 is 0 Å². The van der Waals surface area contributed by atoms with Crippen LogP contribution in [0, 0.1) is 0 Å². The molecule has 1 aliphatic carbocycles. The summed E-state index contributed by atoms with van der Waals surface area (Å²) in [6.07, 6.45) is 7.04. The van der Waals surface area contributed by atoms with Gasteiger partial charge in [0.25, 0.3) is 0 Å². The van der Waals surface area contributed by atoms with Crippen molar-refractivity contribution in [3.63, 3.8) is 0 Å². The number of esters is 1. The lowest BCUT2D eigenvalue weighted by atomic mass is 9.94. The molecule has 2 fully saturated rings. The molecule has 214 valence electrons. The Balaban J connectivity index is 1.28. The second-order valence-electron chi connectivity index (χ2n) is 11.3. The maximum absolute atomic E-state index is 13.7. The molecule has 0 radical (unpaired) electrons. The van der Waals surface area contributed by atoms with Gasteiger partial charge in [-0.1, -0.05) is 67.3 Å². The first-order valence-electron chi connectivity index (χ1n) is 14.4. The molecule has 0 bridgehead atoms. The van der Waals surface area contributed by atoms with Crippen LogP contribution >= 0.6 is 11.6 Å². The highest BCUT2D eigenvalue weighted by Gasteiger charge is 2.42. The predicted octanol–water partition coefficient (Wildman–Crippen LogP) is 3.15. The molecule has 0 aromatic heterocycles. The first kappa shape index (κ1) is 28.6. The fraction of sp³-hybridized carbons (Fsp3) is 0.516. The van der Waals surface area contributed by atoms with Gasteiger partial charge in [-0.3, -0.25) is 19.3 Å². The fourth-order valence-electron chi connectivity index (χ4n) is 6.43. The number of carbonyl (C=O) groups is 3. The average Bonchev–Trinajstić information content (AvgIpc) is 3.41. The van der Waals surface area contributed by atoms with Crippen LogP contribution in [0.5, 0.6) is 0 Å². The van der Waals surface area contributed by atoms with E-state index in [1.165, 1.54) is 19.1 Å². The SMILES string of the molecule is COC(=O)[C@@H]1C[C@H](NC(=O)[C@@H](Cc2ccc(Cl)cc2)NC(=O)[C@H]2Cc3ccccc3CN2)CN1C1CCCCC1. The lowest BCUT2D eigenvalue weighted by Gasteiger charge is -2.34. The molecule has 4 atom stereocenters. The van der Waals surface area contributed by atoms with E-state index < -0.39 is 12.1 Å². The summed E-state index contributed by atoms with van der Waals surface area (Å²) >= 11 is 6.08. The zero-order valence-electron chi connectivity index (χ0n) is 23.0. The van der Waals surface area contributed by atoms with Gasteiger partial charge in [0.15, 0.2) is 0 Å². The highest BCUT2D eigenvalue weighted by Crippen LogP contribution is 2.30. The molecule has 5 rings (SSSR count). The van der Waals surface area contributed by atoms with Crippen LogP contribution in [0.25, 0.3) is 0 Å². The topological polar surface area (TPSA) is 99.8 Å². The summed E-state index contributed by atoms with van der Waals surface area (Å²) in [4.78, 5) is 42.0. The Morgan fingerprint density at radius 3 is 2.50 bits per heavy atom. The zero-order valence-corrected chi connectivity index (χ0v) is 23.8. The summed E-state index contributed by atoms with van der Waals surface area (Å²) < 4.78 is 5.12. The van der Waals surface area contributed by atoms with Crippen LogP contribution < -0.4 is 16.0 Å². The van der Waals surface area contributed by atoms with E-state index in [2.05, 4.69) is 26.9 Å². The predicted molar refractivity (Wildman–Crippen MR) is 154 cm³/mol. The van der Waals surface area contributed by atoms with Crippen LogP contribution in [0.2, 0.25) is 5.02 Å². The molecule has 0 spiro atoms. The van der Waals surface area contributed by atoms with Crippen LogP contribution in [0.4, 0.5) is 0 Å². The van der Waals surface area contributed by atoms with Crippen LogP contribution in [0.15, 0.2) is 48.5 Å². The number of benzene rings is 2. The summed E-state index contributed by atoms with van der Waals surface area (Å²) in [6, 6.07) is 14.0. The van der Waals surface area contributed by atoms with Crippen molar-refractivity contribution >= 4 is 29.4 Å². The lowest BCUT2D eigenvalue weighted by Crippen LogP contribution is -2.56. The van der Waals surface area contributed by atoms with Gasteiger partial charge in [0, 0.05) is 36.6 Å². The quantitative estimate of drug-likeness (QED) is 0.425. The first-order chi connectivity index (χ1) is 19.4. The van der Waals surface area contributed by atoms with Gasteiger partial charge in [0.1, 0.15) is 12.1 Å². The van der Waals surface area contributed by atoms with E-state index in [0.29, 0.717) is 43.4 Å². The van der Waals surface area contributed by atoms with Crippen LogP contribution in [0.3, 0.4) is 0 Å². The number of nitrogens with one attached hydrogen (secondary N) is 3. The minimum absolute atomic E-state index is 0.202. The Labute approximate surface area is 241 Å². The molecule has 0 unspecified atom stereocenters. The molecule has 2 aromatic carbocycles. The van der Waals surface area contributed by atoms with Crippen molar-refractivity contribution in [1.82, 2.24) is 20.9 Å². The van der Waals surface area contributed by atoms with E-state index in [4.69, 9.17) is 16.3 Å². The van der Waals surface area contributed by atoms with Gasteiger partial charge >= 0.3 is 5.97 Å². The zero-order chi connectivity index (χ0) is 28.1. The number of nitrogens with zero attached hydrogens (tertiary/aromatic N) is 1. The molecule has 8 nitrogen and oxygen atoms in total. The second-order valence-corrected chi connectivity index (χ2v) is 11.7. The number of halogens is 1. The van der Waals surface area contributed by atoms with Gasteiger partial charge in [-0.2, -0.15) is 0 Å². The number of hydrogen-bond donors (Lipinski definition) is 3. The van der Waals surface area contributed by atoms with E-state index in [1.54, 1.807) is 12.1 Å². The smallest absolute Gasteiger partial charge is 0.323 e. The molecule has 2 heterocycles. The molecule has 40 heavy (non-hydrogen) atoms. The first-order valence-corrected chi connectivity index (χ1v) is 14.8. The van der Waals surface area contributed by atoms with Gasteiger partial charge < -0.3 is 20.7 Å². The highest BCUT2D eigenvalue weighted by atomic mass is 35.5. The maximum Gasteiger partial charge on any atom is 0.323 e. The molecule has 1 saturated carbocycles. The number of amides is 2. The van der Waals surface area contributed by atoms with E-state index in [9.17, 15) is 14.4 Å². The summed E-state index contributed by atoms with van der Waals surface area (Å²) in [5, 5.41) is 10.1. The molecule has 2 aliphatic heterocycles. The number of ether oxygens (including phenoxy) is 1. The molecule has 9 heteroatoms. The summed E-state index contributed by atoms with van der Waals surface area (Å²) in [7, 11) is 1.42. The molecular formula is C31H39ClN4O4. The van der Waals surface area contributed by atoms with Crippen molar-refractivity contribution in [1.29, 1.82) is 0 Å². The number of rotatable bonds is 8. The Bertz CT molecular complexity index is 1200. The van der Waals surface area contributed by atoms with Crippen molar-refractivity contribution in [3.05, 3.63) is 70.2 Å². The number of carbonyl (C=O) groups excluding carboxylic acids is 3. The second kappa shape index (κ2) is 13.1. The largest absolute Gasteiger partial charge is 0.468 e. The third kappa shape index (κ3) is 6.85. The summed E-state index contributed by atoms with van der Waals surface area (Å²) in [5.74, 6) is -0.707. The number of likely N-dealkylation sites (tertiary alicyclic amines) is 1. The monoisotopic (exact) mass is 566 g/mol. The van der Waals surface area contributed by atoms with Crippen molar-refractivity contribution in [3.8, 4) is 0 Å². The van der Waals surface area contributed by atoms with Crippen LogP contribution in [-0.4, -0.2) is 66.5 Å². The lowest BCUT2D eigenvalue weighted by molar-refractivity contribution is -0.147. The summed E-state index contributed by atoms with van der Waals surface area (Å²) in [5.41, 5.74) is 3.23. The Kier molecular flexibility index (Phi) is 9.40. The third-order valence-electron chi connectivity index (χ3n) is 8.59. The average molecular weight is 567 g/mol. The Morgan fingerprint density at radius 2 is 1.77 bits per heavy atom. The minimum atomic E-state index is -0.770. The summed E-state index contributed by atoms with van der Waals surface area (Å²) in [6.45, 7) is 1.20. The normalized spacial score (nSPS) is 24.1. The molecule has 2 amide bonds. The number of hydrogen-bond acceptors (Lipinski definition) is 6. The molecule has 3 aliphatic rings. The Morgan fingerprint density at radius 1 is 1.05 bits per heavy atom. The third-order valence-corrected chi connectivity index (χ3v) is 8.84. The standard InChI is InChI=1S/C31H39ClN4O4/c1-40-31(39)28-17-24(19-36(28)25-9-3-2-4-10-25)34-30(38)27(15-20-11-13-23(32)14-12-20)35-29(37)26-16-21-7-5-6-8-22(21)18-33-26/h5-8,11-14,24-28,33H,2-4,9-10,15-19H2,1H3,(H,34,38)(H,35,37)/t24-,26+,27+,28-/m0/s1. The fourth-order valence-corrected chi connectivity index (χ4v) is 6.55. The molecule has 2 aromatic rings. The van der Waals surface area contributed by atoms with Crippen LogP contribution in [-0.2, 0) is 38.5 Å². The van der Waals surface area contributed by atoms with Gasteiger partial charge in [-0.25, -0.2) is 0 Å². The van der Waals surface area contributed by atoms with Crippen LogP contribution in [0.1, 0.15) is 55.2 Å². The minimum Gasteiger partial charge on any atom is -0.468 e. The Hall–Kier alpha value is -2.94. The van der Waals surface area contributed by atoms with Gasteiger partial charge in [0.05, 0.1) is 13.2 Å². The molecular weight excluding hydrogens is 528 g/mol. The van der Waals surface area contributed by atoms with Crippen molar-refractivity contribution in [2.75, 3.05) is 13.7 Å². The van der Waals surface area contributed by atoms with Gasteiger partial charge in [0.2, 0.25) is 11.8 Å². The van der Waals surface area contributed by atoms with Gasteiger partial charge in [-0.15, -0.1) is 0 Å². The van der Waals surface area contributed by atoms with Gasteiger partial charge in [-0.05, 0) is 54.5 Å². The maximum atomic E-state index is 13.7. The number of methoxy groups -OCH3 is 1.